The monoisotopic (exact) mass is 357 g/mol. The van der Waals surface area contributed by atoms with Gasteiger partial charge < -0.3 is 15.0 Å². The van der Waals surface area contributed by atoms with E-state index in [2.05, 4.69) is 29.0 Å². The van der Waals surface area contributed by atoms with Crippen LogP contribution in [0.25, 0.3) is 0 Å². The third-order valence-corrected chi connectivity index (χ3v) is 5.15. The first-order valence-corrected chi connectivity index (χ1v) is 9.86. The molecule has 6 heteroatoms. The van der Waals surface area contributed by atoms with Crippen molar-refractivity contribution in [1.29, 1.82) is 0 Å². The average Bonchev–Trinajstić information content (AvgIpc) is 2.49. The van der Waals surface area contributed by atoms with Gasteiger partial charge >= 0.3 is 0 Å². The van der Waals surface area contributed by atoms with Crippen LogP contribution in [0.5, 0.6) is 0 Å². The maximum absolute atomic E-state index is 13.4. The standard InChI is InChI=1S/C19H36FN3O2/c1-14(2)21-19(24)13-23-8-7-22(6-5-9-25-15(3)4)12-18(23)16-10-17(20)11-16/h14-18H,5-13H2,1-4H3,(H,21,24)/t16?,17?,18-/m0/s1. The third kappa shape index (κ3) is 6.83. The van der Waals surface area contributed by atoms with E-state index in [-0.39, 0.29) is 18.1 Å². The molecular formula is C19H36FN3O2. The number of carbonyl (C=O) groups is 1. The van der Waals surface area contributed by atoms with Gasteiger partial charge in [0.05, 0.1) is 12.6 Å². The molecule has 1 N–H and O–H groups in total. The Kier molecular flexibility index (Phi) is 8.10. The number of nitrogens with zero attached hydrogens (tertiary/aromatic N) is 2. The Hall–Kier alpha value is -0.720. The molecule has 2 aliphatic rings. The van der Waals surface area contributed by atoms with Crippen molar-refractivity contribution in [2.75, 3.05) is 39.3 Å². The van der Waals surface area contributed by atoms with Gasteiger partial charge in [0.1, 0.15) is 6.17 Å². The lowest BCUT2D eigenvalue weighted by molar-refractivity contribution is -0.125. The summed E-state index contributed by atoms with van der Waals surface area (Å²) in [4.78, 5) is 16.9. The molecule has 1 atom stereocenters. The molecule has 1 aliphatic heterocycles. The molecule has 2 rings (SSSR count). The average molecular weight is 358 g/mol. The topological polar surface area (TPSA) is 44.8 Å². The highest BCUT2D eigenvalue weighted by atomic mass is 19.1. The quantitative estimate of drug-likeness (QED) is 0.642. The second-order valence-electron chi connectivity index (χ2n) is 8.16. The van der Waals surface area contributed by atoms with Gasteiger partial charge in [-0.3, -0.25) is 9.69 Å². The molecule has 0 spiro atoms. The molecule has 1 saturated heterocycles. The van der Waals surface area contributed by atoms with E-state index >= 15 is 0 Å². The van der Waals surface area contributed by atoms with E-state index in [4.69, 9.17) is 4.74 Å². The molecule has 1 aliphatic carbocycles. The summed E-state index contributed by atoms with van der Waals surface area (Å²) in [6.07, 6.45) is 1.95. The Balaban J connectivity index is 1.83. The zero-order chi connectivity index (χ0) is 18.4. The number of halogens is 1. The highest BCUT2D eigenvalue weighted by Gasteiger charge is 2.40. The number of hydrogen-bond donors (Lipinski definition) is 1. The summed E-state index contributed by atoms with van der Waals surface area (Å²) in [5, 5.41) is 2.97. The fourth-order valence-electron chi connectivity index (χ4n) is 3.82. The molecule has 25 heavy (non-hydrogen) atoms. The van der Waals surface area contributed by atoms with Gasteiger partial charge in [0.25, 0.3) is 0 Å². The Morgan fingerprint density at radius 2 is 1.96 bits per heavy atom. The predicted octanol–water partition coefficient (Wildman–Crippen LogP) is 2.06. The summed E-state index contributed by atoms with van der Waals surface area (Å²) in [7, 11) is 0. The van der Waals surface area contributed by atoms with Crippen LogP contribution in [0.15, 0.2) is 0 Å². The molecule has 1 amide bonds. The first-order chi connectivity index (χ1) is 11.8. The molecule has 0 aromatic rings. The van der Waals surface area contributed by atoms with Crippen LogP contribution in [0.3, 0.4) is 0 Å². The zero-order valence-electron chi connectivity index (χ0n) is 16.3. The van der Waals surface area contributed by atoms with Gasteiger partial charge in [0, 0.05) is 44.9 Å². The molecular weight excluding hydrogens is 321 g/mol. The molecule has 0 aromatic heterocycles. The molecule has 0 aromatic carbocycles. The van der Waals surface area contributed by atoms with Crippen molar-refractivity contribution in [3.05, 3.63) is 0 Å². The van der Waals surface area contributed by atoms with Gasteiger partial charge in [-0.2, -0.15) is 0 Å². The van der Waals surface area contributed by atoms with Crippen molar-refractivity contribution in [3.8, 4) is 0 Å². The minimum Gasteiger partial charge on any atom is -0.379 e. The summed E-state index contributed by atoms with van der Waals surface area (Å²) < 4.78 is 19.0. The maximum atomic E-state index is 13.4. The summed E-state index contributed by atoms with van der Waals surface area (Å²) in [6.45, 7) is 13.1. The highest BCUT2D eigenvalue weighted by molar-refractivity contribution is 5.78. The predicted molar refractivity (Wildman–Crippen MR) is 98.4 cm³/mol. The van der Waals surface area contributed by atoms with Crippen LogP contribution < -0.4 is 5.32 Å². The van der Waals surface area contributed by atoms with Crippen LogP contribution >= 0.6 is 0 Å². The minimum atomic E-state index is -0.647. The second kappa shape index (κ2) is 9.83. The van der Waals surface area contributed by atoms with E-state index in [0.717, 1.165) is 39.2 Å². The van der Waals surface area contributed by atoms with Crippen molar-refractivity contribution < 1.29 is 13.9 Å². The molecule has 0 radical (unpaired) electrons. The van der Waals surface area contributed by atoms with Crippen molar-refractivity contribution in [3.63, 3.8) is 0 Å². The van der Waals surface area contributed by atoms with Crippen LogP contribution in [0, 0.1) is 5.92 Å². The van der Waals surface area contributed by atoms with Crippen molar-refractivity contribution in [2.45, 2.75) is 71.3 Å². The summed E-state index contributed by atoms with van der Waals surface area (Å²) in [5.74, 6) is 0.464. The Bertz CT molecular complexity index is 413. The molecule has 1 heterocycles. The summed E-state index contributed by atoms with van der Waals surface area (Å²) in [5.41, 5.74) is 0. The Labute approximate surface area is 152 Å². The number of carbonyl (C=O) groups excluding carboxylic acids is 1. The normalized spacial score (nSPS) is 28.4. The van der Waals surface area contributed by atoms with Crippen molar-refractivity contribution >= 4 is 5.91 Å². The number of amides is 1. The number of ether oxygens (including phenoxy) is 1. The van der Waals surface area contributed by atoms with E-state index < -0.39 is 6.17 Å². The van der Waals surface area contributed by atoms with Gasteiger partial charge in [0.2, 0.25) is 5.91 Å². The first kappa shape index (κ1) is 20.6. The van der Waals surface area contributed by atoms with Gasteiger partial charge in [-0.25, -0.2) is 4.39 Å². The van der Waals surface area contributed by atoms with E-state index in [1.807, 2.05) is 13.8 Å². The largest absolute Gasteiger partial charge is 0.379 e. The first-order valence-electron chi connectivity index (χ1n) is 9.86. The summed E-state index contributed by atoms with van der Waals surface area (Å²) >= 11 is 0. The van der Waals surface area contributed by atoms with Crippen LogP contribution in [0.4, 0.5) is 4.39 Å². The van der Waals surface area contributed by atoms with E-state index in [0.29, 0.717) is 31.3 Å². The minimum absolute atomic E-state index is 0.0786. The SMILES string of the molecule is CC(C)NC(=O)CN1CCN(CCCOC(C)C)C[C@H]1C1CC(F)C1. The van der Waals surface area contributed by atoms with Crippen LogP contribution in [-0.2, 0) is 9.53 Å². The van der Waals surface area contributed by atoms with Crippen molar-refractivity contribution in [1.82, 2.24) is 15.1 Å². The molecule has 0 unspecified atom stereocenters. The number of hydrogen-bond acceptors (Lipinski definition) is 4. The smallest absolute Gasteiger partial charge is 0.234 e. The molecule has 5 nitrogen and oxygen atoms in total. The van der Waals surface area contributed by atoms with Crippen LogP contribution in [0.2, 0.25) is 0 Å². The summed E-state index contributed by atoms with van der Waals surface area (Å²) in [6, 6.07) is 0.455. The van der Waals surface area contributed by atoms with Crippen LogP contribution in [0.1, 0.15) is 47.0 Å². The number of piperazine rings is 1. The maximum Gasteiger partial charge on any atom is 0.234 e. The fraction of sp³-hybridized carbons (Fsp3) is 0.947. The van der Waals surface area contributed by atoms with Crippen LogP contribution in [-0.4, -0.2) is 79.4 Å². The lowest BCUT2D eigenvalue weighted by Crippen LogP contribution is -2.60. The van der Waals surface area contributed by atoms with Crippen molar-refractivity contribution in [2.24, 2.45) is 5.92 Å². The third-order valence-electron chi connectivity index (χ3n) is 5.15. The molecule has 1 saturated carbocycles. The highest BCUT2D eigenvalue weighted by Crippen LogP contribution is 2.36. The zero-order valence-corrected chi connectivity index (χ0v) is 16.3. The van der Waals surface area contributed by atoms with E-state index in [9.17, 15) is 9.18 Å². The fourth-order valence-corrected chi connectivity index (χ4v) is 3.82. The van der Waals surface area contributed by atoms with Gasteiger partial charge in [0.15, 0.2) is 0 Å². The molecule has 0 bridgehead atoms. The van der Waals surface area contributed by atoms with Gasteiger partial charge in [-0.15, -0.1) is 0 Å². The van der Waals surface area contributed by atoms with Gasteiger partial charge in [-0.1, -0.05) is 0 Å². The van der Waals surface area contributed by atoms with E-state index in [1.165, 1.54) is 0 Å². The number of nitrogens with one attached hydrogen (secondary N) is 1. The molecule has 2 fully saturated rings. The lowest BCUT2D eigenvalue weighted by Gasteiger charge is -2.48. The van der Waals surface area contributed by atoms with E-state index in [1.54, 1.807) is 0 Å². The Morgan fingerprint density at radius 1 is 1.24 bits per heavy atom. The number of alkyl halides is 1. The molecule has 146 valence electrons. The van der Waals surface area contributed by atoms with Gasteiger partial charge in [-0.05, 0) is 52.9 Å². The Morgan fingerprint density at radius 3 is 2.56 bits per heavy atom. The second-order valence-corrected chi connectivity index (χ2v) is 8.16. The number of rotatable bonds is 9. The lowest BCUT2D eigenvalue weighted by atomic mass is 9.76.